The molecule has 12 heteroatoms. The van der Waals surface area contributed by atoms with Gasteiger partial charge < -0.3 is 24.5 Å². The summed E-state index contributed by atoms with van der Waals surface area (Å²) in [4.78, 5) is 24.2. The van der Waals surface area contributed by atoms with Crippen LogP contribution in [0, 0.1) is 11.8 Å². The Morgan fingerprint density at radius 2 is 1.25 bits per heavy atom. The molecule has 0 saturated heterocycles. The third kappa shape index (κ3) is 18.4. The highest BCUT2D eigenvalue weighted by atomic mass is 32.2. The highest BCUT2D eigenvalue weighted by Gasteiger charge is 2.36. The van der Waals surface area contributed by atoms with Crippen LogP contribution < -0.4 is 0 Å². The van der Waals surface area contributed by atoms with Gasteiger partial charge in [0.15, 0.2) is 5.25 Å². The molecule has 3 unspecified atom stereocenters. The van der Waals surface area contributed by atoms with Crippen molar-refractivity contribution >= 4 is 29.4 Å². The zero-order chi connectivity index (χ0) is 25.2. The van der Waals surface area contributed by atoms with E-state index in [-0.39, 0.29) is 25.0 Å². The van der Waals surface area contributed by atoms with Gasteiger partial charge in [-0.25, -0.2) is 0 Å². The molecule has 10 nitrogen and oxygen atoms in total. The lowest BCUT2D eigenvalue weighted by Crippen LogP contribution is -2.35. The van der Waals surface area contributed by atoms with Crippen molar-refractivity contribution in [2.75, 3.05) is 13.2 Å². The molecule has 190 valence electrons. The van der Waals surface area contributed by atoms with Gasteiger partial charge in [-0.1, -0.05) is 66.2 Å². The van der Waals surface area contributed by atoms with Gasteiger partial charge in [-0.3, -0.25) is 14.1 Å². The van der Waals surface area contributed by atoms with Gasteiger partial charge in [0, 0.05) is 0 Å². The van der Waals surface area contributed by atoms with Crippen molar-refractivity contribution in [1.29, 1.82) is 0 Å². The minimum Gasteiger partial charge on any atom is -0.465 e. The zero-order valence-corrected chi connectivity index (χ0v) is 20.6. The SMILES string of the molecule is CCCCC(CC)COC(=O)CC(C(=O)OCC(CC)CCCC)S(=O)(=O)O.OB(O)O. The molecule has 0 aliphatic heterocycles. The molecule has 0 spiro atoms. The van der Waals surface area contributed by atoms with Crippen molar-refractivity contribution in [2.24, 2.45) is 11.8 Å². The minimum absolute atomic E-state index is 0.0747. The largest absolute Gasteiger partial charge is 0.631 e. The van der Waals surface area contributed by atoms with Crippen LogP contribution in [-0.2, 0) is 29.2 Å². The van der Waals surface area contributed by atoms with Crippen LogP contribution in [-0.4, -0.2) is 65.8 Å². The van der Waals surface area contributed by atoms with E-state index in [9.17, 15) is 22.6 Å². The van der Waals surface area contributed by atoms with Gasteiger partial charge in [-0.2, -0.15) is 8.42 Å². The van der Waals surface area contributed by atoms with Crippen LogP contribution in [0.2, 0.25) is 0 Å². The van der Waals surface area contributed by atoms with Crippen LogP contribution >= 0.6 is 0 Å². The van der Waals surface area contributed by atoms with E-state index < -0.39 is 41.0 Å². The van der Waals surface area contributed by atoms with E-state index in [1.54, 1.807) is 0 Å². The Morgan fingerprint density at radius 3 is 1.59 bits per heavy atom. The van der Waals surface area contributed by atoms with Crippen LogP contribution in [0.4, 0.5) is 0 Å². The average Bonchev–Trinajstić information content (AvgIpc) is 2.70. The third-order valence-corrected chi connectivity index (χ3v) is 6.08. The fraction of sp³-hybridized carbons (Fsp3) is 0.900. The summed E-state index contributed by atoms with van der Waals surface area (Å²) in [7, 11) is -6.93. The van der Waals surface area contributed by atoms with Crippen molar-refractivity contribution in [2.45, 2.75) is 90.7 Å². The van der Waals surface area contributed by atoms with Gasteiger partial charge in [0.05, 0.1) is 19.6 Å². The molecule has 4 N–H and O–H groups in total. The molecular formula is C20H41BO10S. The van der Waals surface area contributed by atoms with E-state index in [1.807, 2.05) is 13.8 Å². The first-order valence-corrected chi connectivity index (χ1v) is 12.8. The van der Waals surface area contributed by atoms with E-state index in [0.29, 0.717) is 0 Å². The van der Waals surface area contributed by atoms with E-state index in [4.69, 9.17) is 24.5 Å². The number of carbonyl (C=O) groups excluding carboxylic acids is 2. The van der Waals surface area contributed by atoms with E-state index in [2.05, 4.69) is 13.8 Å². The molecular weight excluding hydrogens is 443 g/mol. The van der Waals surface area contributed by atoms with Crippen molar-refractivity contribution in [3.8, 4) is 0 Å². The molecule has 0 saturated carbocycles. The van der Waals surface area contributed by atoms with E-state index in [0.717, 1.165) is 51.4 Å². The lowest BCUT2D eigenvalue weighted by Gasteiger charge is -2.18. The van der Waals surface area contributed by atoms with Crippen LogP contribution in [0.5, 0.6) is 0 Å². The molecule has 0 rings (SSSR count). The Hall–Kier alpha value is -1.21. The molecule has 0 aliphatic rings. The van der Waals surface area contributed by atoms with E-state index >= 15 is 0 Å². The molecule has 0 aromatic heterocycles. The number of ether oxygens (including phenoxy) is 2. The van der Waals surface area contributed by atoms with Gasteiger partial charge in [0.2, 0.25) is 0 Å². The number of hydrogen-bond acceptors (Lipinski definition) is 9. The molecule has 3 atom stereocenters. The second-order valence-corrected chi connectivity index (χ2v) is 9.30. The highest BCUT2D eigenvalue weighted by molar-refractivity contribution is 7.87. The predicted molar refractivity (Wildman–Crippen MR) is 121 cm³/mol. The van der Waals surface area contributed by atoms with Crippen LogP contribution in [0.15, 0.2) is 0 Å². The van der Waals surface area contributed by atoms with Gasteiger partial charge in [-0.15, -0.1) is 0 Å². The van der Waals surface area contributed by atoms with Crippen molar-refractivity contribution in [3.05, 3.63) is 0 Å². The van der Waals surface area contributed by atoms with Crippen LogP contribution in [0.3, 0.4) is 0 Å². The number of unbranched alkanes of at least 4 members (excludes halogenated alkanes) is 2. The second kappa shape index (κ2) is 19.3. The summed E-state index contributed by atoms with van der Waals surface area (Å²) < 4.78 is 42.8. The Bertz CT molecular complexity index is 594. The topological polar surface area (TPSA) is 168 Å². The quantitative estimate of drug-likeness (QED) is 0.145. The summed E-state index contributed by atoms with van der Waals surface area (Å²) in [5, 5.41) is 19.6. The fourth-order valence-electron chi connectivity index (χ4n) is 2.82. The Balaban J connectivity index is 0. The fourth-order valence-corrected chi connectivity index (χ4v) is 3.48. The maximum atomic E-state index is 12.2. The summed E-state index contributed by atoms with van der Waals surface area (Å²) in [5.74, 6) is -1.61. The summed E-state index contributed by atoms with van der Waals surface area (Å²) in [6.45, 7) is 8.35. The van der Waals surface area contributed by atoms with Gasteiger partial charge in [0.1, 0.15) is 0 Å². The summed E-state index contributed by atoms with van der Waals surface area (Å²) in [6.07, 6.45) is 6.74. The predicted octanol–water partition coefficient (Wildman–Crippen LogP) is 2.10. The number of esters is 2. The van der Waals surface area contributed by atoms with Crippen LogP contribution in [0.1, 0.15) is 85.5 Å². The van der Waals surface area contributed by atoms with Crippen molar-refractivity contribution in [1.82, 2.24) is 0 Å². The summed E-state index contributed by atoms with van der Waals surface area (Å²) >= 11 is 0. The molecule has 0 aromatic rings. The first kappa shape index (κ1) is 33.0. The standard InChI is InChI=1S/C20H38O7S.BH3O3/c1-5-9-11-16(7-3)14-26-19(21)13-18(28(23,24)25)20(22)27-15-17(8-4)12-10-6-2;2-1(3)4/h16-18H,5-15H2,1-4H3,(H,23,24,25);2-4H. The van der Waals surface area contributed by atoms with E-state index in [1.165, 1.54) is 0 Å². The molecule has 0 heterocycles. The minimum atomic E-state index is -4.76. The summed E-state index contributed by atoms with van der Waals surface area (Å²) in [5.41, 5.74) is 0. The maximum Gasteiger partial charge on any atom is 0.631 e. The molecule has 0 bridgehead atoms. The smallest absolute Gasteiger partial charge is 0.465 e. The lowest BCUT2D eigenvalue weighted by molar-refractivity contribution is -0.151. The monoisotopic (exact) mass is 484 g/mol. The van der Waals surface area contributed by atoms with Gasteiger partial charge in [-0.05, 0) is 24.7 Å². The molecule has 0 aliphatic carbocycles. The normalized spacial score (nSPS) is 13.9. The maximum absolute atomic E-state index is 12.2. The second-order valence-electron chi connectivity index (χ2n) is 7.70. The third-order valence-electron chi connectivity index (χ3n) is 5.00. The average molecular weight is 484 g/mol. The van der Waals surface area contributed by atoms with Gasteiger partial charge >= 0.3 is 19.3 Å². The summed E-state index contributed by atoms with van der Waals surface area (Å²) in [6, 6.07) is 0. The first-order chi connectivity index (χ1) is 14.9. The molecule has 32 heavy (non-hydrogen) atoms. The Kier molecular flexibility index (Phi) is 19.9. The molecule has 0 amide bonds. The molecule has 0 fully saturated rings. The Labute approximate surface area is 192 Å². The Morgan fingerprint density at radius 1 is 0.844 bits per heavy atom. The van der Waals surface area contributed by atoms with Crippen molar-refractivity contribution < 1.29 is 47.1 Å². The number of hydrogen-bond donors (Lipinski definition) is 4. The van der Waals surface area contributed by atoms with Crippen molar-refractivity contribution in [3.63, 3.8) is 0 Å². The number of rotatable bonds is 16. The first-order valence-electron chi connectivity index (χ1n) is 11.2. The zero-order valence-electron chi connectivity index (χ0n) is 19.7. The molecule has 0 aromatic carbocycles. The lowest BCUT2D eigenvalue weighted by atomic mass is 10.0. The molecule has 0 radical (unpaired) electrons. The number of carbonyl (C=O) groups is 2. The van der Waals surface area contributed by atoms with Crippen LogP contribution in [0.25, 0.3) is 0 Å². The van der Waals surface area contributed by atoms with Gasteiger partial charge in [0.25, 0.3) is 10.1 Å². The highest BCUT2D eigenvalue weighted by Crippen LogP contribution is 2.17.